The molecule has 1 aliphatic heterocycles. The number of halogens is 1. The van der Waals surface area contributed by atoms with Gasteiger partial charge in [-0.25, -0.2) is 4.39 Å². The Morgan fingerprint density at radius 3 is 2.83 bits per heavy atom. The Kier molecular flexibility index (Phi) is 4.18. The number of methoxy groups -OCH3 is 1. The second-order valence-electron chi connectivity index (χ2n) is 5.58. The van der Waals surface area contributed by atoms with Crippen molar-refractivity contribution in [3.05, 3.63) is 59.4 Å². The van der Waals surface area contributed by atoms with Crippen molar-refractivity contribution in [3.8, 4) is 11.8 Å². The number of hydrogen-bond donors (Lipinski definition) is 1. The van der Waals surface area contributed by atoms with E-state index >= 15 is 0 Å². The first kappa shape index (κ1) is 15.3. The average molecular weight is 312 g/mol. The molecule has 1 saturated heterocycles. The number of aliphatic hydroxyl groups excluding tert-OH is 1. The van der Waals surface area contributed by atoms with Gasteiger partial charge in [0.15, 0.2) is 0 Å². The lowest BCUT2D eigenvalue weighted by Crippen LogP contribution is -2.25. The monoisotopic (exact) mass is 312 g/mol. The summed E-state index contributed by atoms with van der Waals surface area (Å²) in [6.45, 7) is 0.361. The Labute approximate surface area is 134 Å². The Morgan fingerprint density at radius 1 is 1.30 bits per heavy atom. The third-order valence-corrected chi connectivity index (χ3v) is 4.17. The van der Waals surface area contributed by atoms with Crippen molar-refractivity contribution in [3.63, 3.8) is 0 Å². The molecular weight excluding hydrogens is 295 g/mol. The molecule has 0 amide bonds. The van der Waals surface area contributed by atoms with Crippen LogP contribution in [0.1, 0.15) is 23.6 Å². The van der Waals surface area contributed by atoms with Gasteiger partial charge in [0.1, 0.15) is 23.2 Å². The van der Waals surface area contributed by atoms with Gasteiger partial charge in [0.2, 0.25) is 0 Å². The van der Waals surface area contributed by atoms with Crippen LogP contribution in [-0.2, 0) is 0 Å². The van der Waals surface area contributed by atoms with Crippen LogP contribution in [0.3, 0.4) is 0 Å². The van der Waals surface area contributed by atoms with Crippen LogP contribution in [0.5, 0.6) is 5.75 Å². The molecule has 2 aromatic carbocycles. The summed E-state index contributed by atoms with van der Waals surface area (Å²) in [6.07, 6.45) is -0.00447. The van der Waals surface area contributed by atoms with Gasteiger partial charge in [0.25, 0.3) is 0 Å². The summed E-state index contributed by atoms with van der Waals surface area (Å²) in [5, 5.41) is 19.4. The van der Waals surface area contributed by atoms with Crippen LogP contribution in [0, 0.1) is 17.1 Å². The van der Waals surface area contributed by atoms with Crippen LogP contribution >= 0.6 is 0 Å². The molecule has 0 unspecified atom stereocenters. The Balaban J connectivity index is 2.04. The summed E-state index contributed by atoms with van der Waals surface area (Å²) < 4.78 is 19.2. The number of aliphatic hydroxyl groups is 1. The zero-order valence-electron chi connectivity index (χ0n) is 12.7. The van der Waals surface area contributed by atoms with Gasteiger partial charge in [-0.2, -0.15) is 5.26 Å². The van der Waals surface area contributed by atoms with Gasteiger partial charge in [-0.1, -0.05) is 18.2 Å². The van der Waals surface area contributed by atoms with E-state index in [1.165, 1.54) is 6.07 Å². The third kappa shape index (κ3) is 2.86. The number of rotatable bonds is 3. The Bertz CT molecular complexity index is 757. The Morgan fingerprint density at radius 2 is 2.09 bits per heavy atom. The van der Waals surface area contributed by atoms with Crippen molar-refractivity contribution in [2.45, 2.75) is 18.6 Å². The summed E-state index contributed by atoms with van der Waals surface area (Å²) in [5.74, 6) is 0.180. The molecule has 0 saturated carbocycles. The number of anilines is 1. The molecule has 0 radical (unpaired) electrons. The topological polar surface area (TPSA) is 56.5 Å². The highest BCUT2D eigenvalue weighted by Crippen LogP contribution is 2.39. The normalized spacial score (nSPS) is 20.3. The van der Waals surface area contributed by atoms with Crippen LogP contribution in [-0.4, -0.2) is 24.9 Å². The van der Waals surface area contributed by atoms with Gasteiger partial charge >= 0.3 is 0 Å². The summed E-state index contributed by atoms with van der Waals surface area (Å²) in [4.78, 5) is 1.89. The number of hydrogen-bond acceptors (Lipinski definition) is 4. The second kappa shape index (κ2) is 6.27. The number of nitrogens with zero attached hydrogens (tertiary/aromatic N) is 2. The molecule has 2 atom stereocenters. The van der Waals surface area contributed by atoms with Crippen molar-refractivity contribution in [2.75, 3.05) is 18.6 Å². The summed E-state index contributed by atoms with van der Waals surface area (Å²) in [7, 11) is 1.60. The van der Waals surface area contributed by atoms with E-state index < -0.39 is 11.9 Å². The smallest absolute Gasteiger partial charge is 0.143 e. The minimum absolute atomic E-state index is 0.00879. The maximum absolute atomic E-state index is 13.9. The van der Waals surface area contributed by atoms with Gasteiger partial charge in [-0.3, -0.25) is 0 Å². The van der Waals surface area contributed by atoms with Crippen molar-refractivity contribution < 1.29 is 14.2 Å². The molecule has 4 nitrogen and oxygen atoms in total. The molecule has 2 aromatic rings. The van der Waals surface area contributed by atoms with E-state index in [9.17, 15) is 14.8 Å². The SMILES string of the molecule is COc1cccc([C@H]2C[C@H](O)CN2c2cccc(F)c2C#N)c1. The highest BCUT2D eigenvalue weighted by Gasteiger charge is 2.34. The molecule has 1 heterocycles. The maximum Gasteiger partial charge on any atom is 0.143 e. The first-order valence-electron chi connectivity index (χ1n) is 7.41. The zero-order chi connectivity index (χ0) is 16.4. The molecule has 118 valence electrons. The summed E-state index contributed by atoms with van der Waals surface area (Å²) >= 11 is 0. The van der Waals surface area contributed by atoms with Gasteiger partial charge in [0.05, 0.1) is 24.9 Å². The Hall–Kier alpha value is -2.58. The fourth-order valence-corrected chi connectivity index (χ4v) is 3.11. The molecule has 1 fully saturated rings. The van der Waals surface area contributed by atoms with Crippen molar-refractivity contribution >= 4 is 5.69 Å². The van der Waals surface area contributed by atoms with E-state index in [2.05, 4.69) is 0 Å². The molecule has 5 heteroatoms. The lowest BCUT2D eigenvalue weighted by molar-refractivity contribution is 0.194. The molecular formula is C18H17FN2O2. The van der Waals surface area contributed by atoms with Crippen LogP contribution in [0.15, 0.2) is 42.5 Å². The highest BCUT2D eigenvalue weighted by molar-refractivity contribution is 5.62. The van der Waals surface area contributed by atoms with Crippen LogP contribution in [0.4, 0.5) is 10.1 Å². The first-order valence-corrected chi connectivity index (χ1v) is 7.41. The quantitative estimate of drug-likeness (QED) is 0.946. The minimum Gasteiger partial charge on any atom is -0.497 e. The van der Waals surface area contributed by atoms with E-state index in [4.69, 9.17) is 4.74 Å². The lowest BCUT2D eigenvalue weighted by atomic mass is 10.0. The fraction of sp³-hybridized carbons (Fsp3) is 0.278. The van der Waals surface area contributed by atoms with Crippen molar-refractivity contribution in [1.29, 1.82) is 5.26 Å². The van der Waals surface area contributed by atoms with E-state index in [0.29, 0.717) is 18.7 Å². The van der Waals surface area contributed by atoms with Crippen LogP contribution in [0.25, 0.3) is 0 Å². The number of benzene rings is 2. The second-order valence-corrected chi connectivity index (χ2v) is 5.58. The van der Waals surface area contributed by atoms with Crippen LogP contribution in [0.2, 0.25) is 0 Å². The van der Waals surface area contributed by atoms with Gasteiger partial charge < -0.3 is 14.7 Å². The van der Waals surface area contributed by atoms with Crippen LogP contribution < -0.4 is 9.64 Å². The molecule has 1 aliphatic rings. The predicted octanol–water partition coefficient (Wildman–Crippen LogP) is 3.02. The molecule has 3 rings (SSSR count). The van der Waals surface area contributed by atoms with E-state index in [1.807, 2.05) is 35.2 Å². The standard InChI is InChI=1S/C18H17FN2O2/c1-23-14-5-2-4-12(8-14)18-9-13(22)11-21(18)17-7-3-6-16(19)15(17)10-20/h2-8,13,18,22H,9,11H2,1H3/t13-,18+/m0/s1. The summed E-state index contributed by atoms with van der Waals surface area (Å²) in [5.41, 5.74) is 1.49. The summed E-state index contributed by atoms with van der Waals surface area (Å²) in [6, 6.07) is 14.0. The van der Waals surface area contributed by atoms with Gasteiger partial charge in [-0.05, 0) is 36.2 Å². The molecule has 1 N–H and O–H groups in total. The first-order chi connectivity index (χ1) is 11.1. The molecule has 0 aliphatic carbocycles. The van der Waals surface area contributed by atoms with Gasteiger partial charge in [-0.15, -0.1) is 0 Å². The van der Waals surface area contributed by atoms with Crippen molar-refractivity contribution in [1.82, 2.24) is 0 Å². The molecule has 0 aromatic heterocycles. The number of ether oxygens (including phenoxy) is 1. The van der Waals surface area contributed by atoms with E-state index in [-0.39, 0.29) is 11.6 Å². The largest absolute Gasteiger partial charge is 0.497 e. The van der Waals surface area contributed by atoms with E-state index in [0.717, 1.165) is 11.3 Å². The minimum atomic E-state index is -0.546. The number of nitriles is 1. The maximum atomic E-state index is 13.9. The number of β-amino-alcohol motifs (C(OH)–C–C–N with tert-alkyl or cyclic N) is 1. The molecule has 0 spiro atoms. The third-order valence-electron chi connectivity index (χ3n) is 4.17. The van der Waals surface area contributed by atoms with Gasteiger partial charge in [0, 0.05) is 6.54 Å². The zero-order valence-corrected chi connectivity index (χ0v) is 12.7. The lowest BCUT2D eigenvalue weighted by Gasteiger charge is -2.28. The molecule has 0 bridgehead atoms. The average Bonchev–Trinajstić information content (AvgIpc) is 2.96. The fourth-order valence-electron chi connectivity index (χ4n) is 3.11. The molecule has 23 heavy (non-hydrogen) atoms. The van der Waals surface area contributed by atoms with Crippen molar-refractivity contribution in [2.24, 2.45) is 0 Å². The van der Waals surface area contributed by atoms with E-state index in [1.54, 1.807) is 19.2 Å². The predicted molar refractivity (Wildman–Crippen MR) is 84.8 cm³/mol. The highest BCUT2D eigenvalue weighted by atomic mass is 19.1.